The van der Waals surface area contributed by atoms with Crippen LogP contribution in [0.3, 0.4) is 0 Å². The molecule has 4 rings (SSSR count). The fourth-order valence-corrected chi connectivity index (χ4v) is 3.92. The van der Waals surface area contributed by atoms with E-state index >= 15 is 0 Å². The standard InChI is InChI=1S/C21H20BrClN4O/c22-15-7-5-14(6-8-15)12-20(28)24-16-9-10-18(23)17(13-16)21-26-25-19-4-2-1-3-11-27(19)21/h5-10,13H,1-4,11-12H2,(H,24,28). The summed E-state index contributed by atoms with van der Waals surface area (Å²) in [5, 5.41) is 12.3. The third-order valence-electron chi connectivity index (χ3n) is 4.88. The van der Waals surface area contributed by atoms with Crippen LogP contribution in [0.15, 0.2) is 46.9 Å². The number of rotatable bonds is 4. The molecule has 2 heterocycles. The number of hydrogen-bond donors (Lipinski definition) is 1. The minimum absolute atomic E-state index is 0.0735. The molecule has 1 N–H and O–H groups in total. The first-order valence-electron chi connectivity index (χ1n) is 9.36. The summed E-state index contributed by atoms with van der Waals surface area (Å²) in [6.07, 6.45) is 4.69. The second kappa shape index (κ2) is 8.45. The number of carbonyl (C=O) groups is 1. The van der Waals surface area contributed by atoms with Crippen LogP contribution in [-0.4, -0.2) is 20.7 Å². The molecule has 0 aliphatic carbocycles. The summed E-state index contributed by atoms with van der Waals surface area (Å²) in [4.78, 5) is 12.4. The molecular formula is C21H20BrClN4O. The Hall–Kier alpha value is -2.18. The van der Waals surface area contributed by atoms with Crippen LogP contribution in [0.4, 0.5) is 5.69 Å². The van der Waals surface area contributed by atoms with E-state index in [1.54, 1.807) is 6.07 Å². The highest BCUT2D eigenvalue weighted by atomic mass is 79.9. The number of nitrogens with one attached hydrogen (secondary N) is 1. The largest absolute Gasteiger partial charge is 0.326 e. The number of carbonyl (C=O) groups excluding carboxylic acids is 1. The van der Waals surface area contributed by atoms with E-state index in [0.29, 0.717) is 17.1 Å². The Morgan fingerprint density at radius 1 is 1.11 bits per heavy atom. The lowest BCUT2D eigenvalue weighted by molar-refractivity contribution is -0.115. The predicted molar refractivity (Wildman–Crippen MR) is 114 cm³/mol. The fourth-order valence-electron chi connectivity index (χ4n) is 3.45. The van der Waals surface area contributed by atoms with Gasteiger partial charge < -0.3 is 9.88 Å². The highest BCUT2D eigenvalue weighted by Gasteiger charge is 2.18. The molecule has 0 bridgehead atoms. The molecule has 0 fully saturated rings. The molecule has 0 unspecified atom stereocenters. The zero-order valence-corrected chi connectivity index (χ0v) is 17.6. The van der Waals surface area contributed by atoms with Crippen molar-refractivity contribution in [3.05, 3.63) is 63.3 Å². The van der Waals surface area contributed by atoms with Gasteiger partial charge in [0, 0.05) is 28.7 Å². The molecule has 28 heavy (non-hydrogen) atoms. The second-order valence-electron chi connectivity index (χ2n) is 6.95. The summed E-state index contributed by atoms with van der Waals surface area (Å²) in [6, 6.07) is 13.2. The van der Waals surface area contributed by atoms with Crippen molar-refractivity contribution in [1.29, 1.82) is 0 Å². The molecule has 1 aliphatic rings. The summed E-state index contributed by atoms with van der Waals surface area (Å²) in [5.74, 6) is 1.70. The smallest absolute Gasteiger partial charge is 0.228 e. The monoisotopic (exact) mass is 458 g/mol. The van der Waals surface area contributed by atoms with E-state index in [2.05, 4.69) is 36.0 Å². The Kier molecular flexibility index (Phi) is 5.78. The van der Waals surface area contributed by atoms with Gasteiger partial charge in [-0.3, -0.25) is 4.79 Å². The lowest BCUT2D eigenvalue weighted by Crippen LogP contribution is -2.14. The molecule has 0 radical (unpaired) electrons. The Labute approximate surface area is 177 Å². The number of fused-ring (bicyclic) bond motifs is 1. The number of benzene rings is 2. The quantitative estimate of drug-likeness (QED) is 0.578. The van der Waals surface area contributed by atoms with Crippen LogP contribution in [0.5, 0.6) is 0 Å². The molecule has 3 aromatic rings. The van der Waals surface area contributed by atoms with Crippen molar-refractivity contribution in [3.63, 3.8) is 0 Å². The predicted octanol–water partition coefficient (Wildman–Crippen LogP) is 5.27. The van der Waals surface area contributed by atoms with E-state index in [0.717, 1.165) is 53.1 Å². The molecule has 0 saturated heterocycles. The molecule has 0 spiro atoms. The van der Waals surface area contributed by atoms with Crippen LogP contribution in [0.2, 0.25) is 5.02 Å². The van der Waals surface area contributed by atoms with Gasteiger partial charge in [0.1, 0.15) is 5.82 Å². The van der Waals surface area contributed by atoms with E-state index in [4.69, 9.17) is 11.6 Å². The topological polar surface area (TPSA) is 59.8 Å². The zero-order valence-electron chi connectivity index (χ0n) is 15.3. The number of anilines is 1. The number of aromatic nitrogens is 3. The van der Waals surface area contributed by atoms with E-state index < -0.39 is 0 Å². The van der Waals surface area contributed by atoms with Crippen molar-refractivity contribution in [2.75, 3.05) is 5.32 Å². The highest BCUT2D eigenvalue weighted by molar-refractivity contribution is 9.10. The summed E-state index contributed by atoms with van der Waals surface area (Å²) in [6.45, 7) is 0.897. The first-order chi connectivity index (χ1) is 13.6. The molecule has 144 valence electrons. The average molecular weight is 460 g/mol. The Bertz CT molecular complexity index is 1000. The maximum atomic E-state index is 12.4. The van der Waals surface area contributed by atoms with Gasteiger partial charge in [0.2, 0.25) is 5.91 Å². The lowest BCUT2D eigenvalue weighted by atomic mass is 10.1. The van der Waals surface area contributed by atoms with Gasteiger partial charge in [-0.15, -0.1) is 10.2 Å². The molecular weight excluding hydrogens is 440 g/mol. The Morgan fingerprint density at radius 3 is 2.75 bits per heavy atom. The third-order valence-corrected chi connectivity index (χ3v) is 5.74. The van der Waals surface area contributed by atoms with Gasteiger partial charge in [-0.05, 0) is 48.7 Å². The number of hydrogen-bond acceptors (Lipinski definition) is 3. The van der Waals surface area contributed by atoms with Crippen LogP contribution in [0, 0.1) is 0 Å². The molecule has 1 aliphatic heterocycles. The SMILES string of the molecule is O=C(Cc1ccc(Br)cc1)Nc1ccc(Cl)c(-c2nnc3n2CCCCC3)c1. The van der Waals surface area contributed by atoms with Crippen LogP contribution in [0.1, 0.15) is 30.7 Å². The Balaban J connectivity index is 1.55. The molecule has 2 aromatic carbocycles. The minimum Gasteiger partial charge on any atom is -0.326 e. The van der Waals surface area contributed by atoms with Crippen molar-refractivity contribution in [3.8, 4) is 11.4 Å². The minimum atomic E-state index is -0.0735. The van der Waals surface area contributed by atoms with Gasteiger partial charge in [-0.25, -0.2) is 0 Å². The first kappa shape index (κ1) is 19.2. The molecule has 1 aromatic heterocycles. The van der Waals surface area contributed by atoms with Crippen molar-refractivity contribution in [1.82, 2.24) is 14.8 Å². The Morgan fingerprint density at radius 2 is 1.93 bits per heavy atom. The van der Waals surface area contributed by atoms with Gasteiger partial charge in [0.15, 0.2) is 5.82 Å². The van der Waals surface area contributed by atoms with E-state index in [-0.39, 0.29) is 5.91 Å². The highest BCUT2D eigenvalue weighted by Crippen LogP contribution is 2.31. The summed E-state index contributed by atoms with van der Waals surface area (Å²) in [5.41, 5.74) is 2.45. The third kappa shape index (κ3) is 4.28. The maximum Gasteiger partial charge on any atom is 0.228 e. The molecule has 0 atom stereocenters. The normalized spacial score (nSPS) is 13.6. The maximum absolute atomic E-state index is 12.4. The molecule has 7 heteroatoms. The summed E-state index contributed by atoms with van der Waals surface area (Å²) in [7, 11) is 0. The zero-order chi connectivity index (χ0) is 19.5. The van der Waals surface area contributed by atoms with Crippen LogP contribution < -0.4 is 5.32 Å². The van der Waals surface area contributed by atoms with Crippen molar-refractivity contribution in [2.24, 2.45) is 0 Å². The molecule has 5 nitrogen and oxygen atoms in total. The van der Waals surface area contributed by atoms with E-state index in [1.165, 1.54) is 6.42 Å². The number of nitrogens with zero attached hydrogens (tertiary/aromatic N) is 3. The van der Waals surface area contributed by atoms with Crippen LogP contribution in [-0.2, 0) is 24.2 Å². The van der Waals surface area contributed by atoms with Gasteiger partial charge in [0.05, 0.1) is 11.4 Å². The lowest BCUT2D eigenvalue weighted by Gasteiger charge is -2.11. The second-order valence-corrected chi connectivity index (χ2v) is 8.27. The first-order valence-corrected chi connectivity index (χ1v) is 10.5. The van der Waals surface area contributed by atoms with Crippen LogP contribution >= 0.6 is 27.5 Å². The van der Waals surface area contributed by atoms with Gasteiger partial charge in [-0.2, -0.15) is 0 Å². The average Bonchev–Trinajstić information content (AvgIpc) is 2.93. The molecule has 0 saturated carbocycles. The van der Waals surface area contributed by atoms with Crippen molar-refractivity contribution >= 4 is 39.1 Å². The summed E-state index contributed by atoms with van der Waals surface area (Å²) >= 11 is 9.86. The number of halogens is 2. The van der Waals surface area contributed by atoms with Gasteiger partial charge in [0.25, 0.3) is 0 Å². The number of amides is 1. The van der Waals surface area contributed by atoms with Gasteiger partial charge in [-0.1, -0.05) is 46.1 Å². The number of aryl methyl sites for hydroxylation is 1. The van der Waals surface area contributed by atoms with Crippen molar-refractivity contribution in [2.45, 2.75) is 38.6 Å². The van der Waals surface area contributed by atoms with E-state index in [1.807, 2.05) is 36.4 Å². The summed E-state index contributed by atoms with van der Waals surface area (Å²) < 4.78 is 3.15. The van der Waals surface area contributed by atoms with Crippen molar-refractivity contribution < 1.29 is 4.79 Å². The van der Waals surface area contributed by atoms with Crippen LogP contribution in [0.25, 0.3) is 11.4 Å². The fraction of sp³-hybridized carbons (Fsp3) is 0.286. The molecule has 1 amide bonds. The van der Waals surface area contributed by atoms with Gasteiger partial charge >= 0.3 is 0 Å². The van der Waals surface area contributed by atoms with E-state index in [9.17, 15) is 4.79 Å².